The van der Waals surface area contributed by atoms with Crippen molar-refractivity contribution < 1.29 is 18.7 Å². The summed E-state index contributed by atoms with van der Waals surface area (Å²) in [5.74, 6) is 1.99. The molecule has 1 N–H and O–H groups in total. The number of benzene rings is 2. The minimum absolute atomic E-state index is 0.179. The number of amides is 1. The Bertz CT molecular complexity index is 916. The topological polar surface area (TPSA) is 60.7 Å². The largest absolute Gasteiger partial charge is 0.496 e. The highest BCUT2D eigenvalue weighted by atomic mass is 16.5. The number of methoxy groups -OCH3 is 1. The monoisotopic (exact) mass is 365 g/mol. The van der Waals surface area contributed by atoms with E-state index in [1.165, 1.54) is 11.1 Å². The van der Waals surface area contributed by atoms with Gasteiger partial charge >= 0.3 is 0 Å². The molecule has 0 fully saturated rings. The molecular weight excluding hydrogens is 342 g/mol. The number of nitrogens with one attached hydrogen (secondary N) is 1. The lowest BCUT2D eigenvalue weighted by molar-refractivity contribution is 0.0948. The lowest BCUT2D eigenvalue weighted by Crippen LogP contribution is -2.22. The first-order valence-electron chi connectivity index (χ1n) is 8.74. The second kappa shape index (κ2) is 8.45. The van der Waals surface area contributed by atoms with Gasteiger partial charge in [-0.2, -0.15) is 0 Å². The van der Waals surface area contributed by atoms with Crippen molar-refractivity contribution in [2.75, 3.05) is 7.11 Å². The first-order valence-corrected chi connectivity index (χ1v) is 8.74. The van der Waals surface area contributed by atoms with E-state index in [-0.39, 0.29) is 5.91 Å². The van der Waals surface area contributed by atoms with Crippen LogP contribution in [0.15, 0.2) is 59.2 Å². The summed E-state index contributed by atoms with van der Waals surface area (Å²) in [6.45, 7) is 4.76. The molecule has 1 heterocycles. The minimum atomic E-state index is -0.179. The van der Waals surface area contributed by atoms with E-state index >= 15 is 0 Å². The van der Waals surface area contributed by atoms with E-state index in [0.29, 0.717) is 30.2 Å². The van der Waals surface area contributed by atoms with Crippen molar-refractivity contribution in [1.29, 1.82) is 0 Å². The molecule has 0 saturated carbocycles. The van der Waals surface area contributed by atoms with Crippen LogP contribution in [0.1, 0.15) is 32.8 Å². The zero-order chi connectivity index (χ0) is 19.2. The Morgan fingerprint density at radius 3 is 2.63 bits per heavy atom. The van der Waals surface area contributed by atoms with Gasteiger partial charge in [0.05, 0.1) is 19.9 Å². The molecule has 5 heteroatoms. The van der Waals surface area contributed by atoms with Gasteiger partial charge in [-0.15, -0.1) is 0 Å². The van der Waals surface area contributed by atoms with Gasteiger partial charge < -0.3 is 19.2 Å². The van der Waals surface area contributed by atoms with Crippen molar-refractivity contribution in [3.8, 4) is 11.5 Å². The minimum Gasteiger partial charge on any atom is -0.496 e. The summed E-state index contributed by atoms with van der Waals surface area (Å²) in [4.78, 5) is 12.4. The van der Waals surface area contributed by atoms with Gasteiger partial charge in [0.2, 0.25) is 0 Å². The molecule has 0 saturated heterocycles. The Labute approximate surface area is 158 Å². The fourth-order valence-corrected chi connectivity index (χ4v) is 2.68. The first-order chi connectivity index (χ1) is 13.1. The van der Waals surface area contributed by atoms with E-state index in [0.717, 1.165) is 11.3 Å². The lowest BCUT2D eigenvalue weighted by Gasteiger charge is -2.13. The van der Waals surface area contributed by atoms with Crippen molar-refractivity contribution in [3.05, 3.63) is 82.8 Å². The summed E-state index contributed by atoms with van der Waals surface area (Å²) in [6.07, 6.45) is 1.58. The van der Waals surface area contributed by atoms with Crippen LogP contribution < -0.4 is 14.8 Å². The van der Waals surface area contributed by atoms with Gasteiger partial charge in [-0.25, -0.2) is 0 Å². The van der Waals surface area contributed by atoms with Crippen LogP contribution in [0.25, 0.3) is 0 Å². The molecule has 0 spiro atoms. The summed E-state index contributed by atoms with van der Waals surface area (Å²) in [6, 6.07) is 14.9. The fourth-order valence-electron chi connectivity index (χ4n) is 2.68. The number of furan rings is 1. The number of rotatable bonds is 7. The van der Waals surface area contributed by atoms with E-state index in [2.05, 4.69) is 12.2 Å². The summed E-state index contributed by atoms with van der Waals surface area (Å²) < 4.78 is 16.5. The van der Waals surface area contributed by atoms with Gasteiger partial charge in [-0.1, -0.05) is 6.07 Å². The third-order valence-electron chi connectivity index (χ3n) is 4.42. The van der Waals surface area contributed by atoms with Crippen LogP contribution in [0.5, 0.6) is 11.5 Å². The fraction of sp³-hybridized carbons (Fsp3) is 0.227. The Balaban J connectivity index is 1.70. The Hall–Kier alpha value is -3.21. The van der Waals surface area contributed by atoms with Crippen molar-refractivity contribution in [1.82, 2.24) is 5.32 Å². The Morgan fingerprint density at radius 2 is 1.93 bits per heavy atom. The van der Waals surface area contributed by atoms with Gasteiger partial charge in [-0.3, -0.25) is 4.79 Å². The average Bonchev–Trinajstić information content (AvgIpc) is 3.20. The molecule has 140 valence electrons. The molecule has 0 atom stereocenters. The molecule has 0 aliphatic carbocycles. The number of ether oxygens (including phenoxy) is 2. The molecule has 0 bridgehead atoms. The Morgan fingerprint density at radius 1 is 1.07 bits per heavy atom. The van der Waals surface area contributed by atoms with Gasteiger partial charge in [0.15, 0.2) is 0 Å². The van der Waals surface area contributed by atoms with Crippen molar-refractivity contribution in [3.63, 3.8) is 0 Å². The third kappa shape index (κ3) is 4.70. The van der Waals surface area contributed by atoms with Gasteiger partial charge in [0.1, 0.15) is 23.9 Å². The van der Waals surface area contributed by atoms with Gasteiger partial charge in [0, 0.05) is 11.1 Å². The molecule has 0 radical (unpaired) electrons. The van der Waals surface area contributed by atoms with Crippen molar-refractivity contribution >= 4 is 5.91 Å². The maximum Gasteiger partial charge on any atom is 0.251 e. The molecule has 0 unspecified atom stereocenters. The number of hydrogen-bond acceptors (Lipinski definition) is 4. The predicted octanol–water partition coefficient (Wildman–Crippen LogP) is 4.41. The van der Waals surface area contributed by atoms with Crippen LogP contribution in [0, 0.1) is 13.8 Å². The maximum atomic E-state index is 12.4. The van der Waals surface area contributed by atoms with Crippen LogP contribution in [0.4, 0.5) is 0 Å². The van der Waals surface area contributed by atoms with E-state index in [4.69, 9.17) is 13.9 Å². The molecule has 27 heavy (non-hydrogen) atoms. The number of carbonyl (C=O) groups excluding carboxylic acids is 1. The quantitative estimate of drug-likeness (QED) is 0.673. The Kier molecular flexibility index (Phi) is 5.81. The molecular formula is C22H23NO4. The molecule has 1 amide bonds. The molecule has 3 aromatic rings. The molecule has 1 aromatic heterocycles. The number of hydrogen-bond donors (Lipinski definition) is 1. The van der Waals surface area contributed by atoms with Gasteiger partial charge in [-0.05, 0) is 67.4 Å². The highest BCUT2D eigenvalue weighted by Gasteiger charge is 2.11. The summed E-state index contributed by atoms with van der Waals surface area (Å²) in [5, 5.41) is 2.84. The smallest absolute Gasteiger partial charge is 0.251 e. The van der Waals surface area contributed by atoms with Crippen LogP contribution in [0.2, 0.25) is 0 Å². The number of carbonyl (C=O) groups is 1. The lowest BCUT2D eigenvalue weighted by atomic mass is 10.1. The normalized spacial score (nSPS) is 10.5. The zero-order valence-electron chi connectivity index (χ0n) is 15.7. The predicted molar refractivity (Wildman–Crippen MR) is 103 cm³/mol. The molecule has 2 aromatic carbocycles. The second-order valence-corrected chi connectivity index (χ2v) is 6.32. The zero-order valence-corrected chi connectivity index (χ0v) is 15.7. The SMILES string of the molecule is COc1ccc(C(=O)NCc2ccco2)cc1COc1ccc(C)c(C)c1. The summed E-state index contributed by atoms with van der Waals surface area (Å²) >= 11 is 0. The third-order valence-corrected chi connectivity index (χ3v) is 4.42. The maximum absolute atomic E-state index is 12.4. The molecule has 3 rings (SSSR count). The second-order valence-electron chi connectivity index (χ2n) is 6.32. The van der Waals surface area contributed by atoms with Crippen molar-refractivity contribution in [2.24, 2.45) is 0 Å². The van der Waals surface area contributed by atoms with Crippen LogP contribution in [-0.2, 0) is 13.2 Å². The highest BCUT2D eigenvalue weighted by Crippen LogP contribution is 2.23. The van der Waals surface area contributed by atoms with E-state index in [9.17, 15) is 4.79 Å². The molecule has 0 aliphatic heterocycles. The highest BCUT2D eigenvalue weighted by molar-refractivity contribution is 5.94. The standard InChI is InChI=1S/C22H23NO4/c1-15-6-8-19(11-16(15)2)27-14-18-12-17(7-9-21(18)25-3)22(24)23-13-20-5-4-10-26-20/h4-12H,13-14H2,1-3H3,(H,23,24). The van der Waals surface area contributed by atoms with Gasteiger partial charge in [0.25, 0.3) is 5.91 Å². The van der Waals surface area contributed by atoms with Crippen LogP contribution in [0.3, 0.4) is 0 Å². The summed E-state index contributed by atoms with van der Waals surface area (Å²) in [7, 11) is 1.60. The van der Waals surface area contributed by atoms with Crippen molar-refractivity contribution in [2.45, 2.75) is 27.0 Å². The van der Waals surface area contributed by atoms with Crippen LogP contribution in [-0.4, -0.2) is 13.0 Å². The van der Waals surface area contributed by atoms with Crippen LogP contribution >= 0.6 is 0 Å². The van der Waals surface area contributed by atoms with E-state index in [1.807, 2.05) is 31.2 Å². The average molecular weight is 365 g/mol. The number of aryl methyl sites for hydroxylation is 2. The molecule has 5 nitrogen and oxygen atoms in total. The molecule has 0 aliphatic rings. The summed E-state index contributed by atoms with van der Waals surface area (Å²) in [5.41, 5.74) is 3.74. The van der Waals surface area contributed by atoms with E-state index in [1.54, 1.807) is 37.6 Å². The van der Waals surface area contributed by atoms with E-state index < -0.39 is 0 Å². The first kappa shape index (κ1) is 18.6.